The van der Waals surface area contributed by atoms with Crippen molar-refractivity contribution in [3.05, 3.63) is 11.5 Å². The van der Waals surface area contributed by atoms with Crippen LogP contribution in [-0.4, -0.2) is 58.9 Å². The Hall–Kier alpha value is -1.31. The highest BCUT2D eigenvalue weighted by atomic mass is 16.6. The molecule has 1 heterocycles. The number of aliphatic hydroxyl groups excluding tert-OH is 2. The highest BCUT2D eigenvalue weighted by molar-refractivity contribution is 5.89. The third-order valence-electron chi connectivity index (χ3n) is 4.26. The van der Waals surface area contributed by atoms with Crippen LogP contribution in [0.15, 0.2) is 11.5 Å². The predicted molar refractivity (Wildman–Crippen MR) is 101 cm³/mol. The summed E-state index contributed by atoms with van der Waals surface area (Å²) < 4.78 is 16.2. The van der Waals surface area contributed by atoms with Crippen LogP contribution in [0.25, 0.3) is 0 Å². The Morgan fingerprint density at radius 1 is 1.07 bits per heavy atom. The van der Waals surface area contributed by atoms with E-state index in [9.17, 15) is 20.1 Å². The molecule has 7 nitrogen and oxygen atoms in total. The molecule has 0 spiro atoms. The number of ether oxygens (including phenoxy) is 3. The lowest BCUT2D eigenvalue weighted by Crippen LogP contribution is -2.32. The Bertz CT molecular complexity index is 467. The molecular weight excluding hydrogens is 352 g/mol. The van der Waals surface area contributed by atoms with Crippen LogP contribution >= 0.6 is 0 Å². The minimum absolute atomic E-state index is 0.0914. The van der Waals surface area contributed by atoms with Gasteiger partial charge in [0, 0.05) is 0 Å². The molecule has 0 radical (unpaired) electrons. The van der Waals surface area contributed by atoms with Crippen molar-refractivity contribution in [2.24, 2.45) is 0 Å². The molecule has 27 heavy (non-hydrogen) atoms. The topological polar surface area (TPSA) is 105 Å². The smallest absolute Gasteiger partial charge is 0.378 e. The van der Waals surface area contributed by atoms with E-state index in [2.05, 4.69) is 6.92 Å². The molecule has 3 N–H and O–H groups in total. The molecule has 0 aromatic carbocycles. The number of unbranched alkanes of at least 4 members (excludes halogenated alkanes) is 7. The average molecular weight is 389 g/mol. The summed E-state index contributed by atoms with van der Waals surface area (Å²) in [6.45, 7) is 4.98. The summed E-state index contributed by atoms with van der Waals surface area (Å²) in [4.78, 5) is 12.0. The largest absolute Gasteiger partial charge is 0.490 e. The third-order valence-corrected chi connectivity index (χ3v) is 4.26. The first kappa shape index (κ1) is 23.7. The lowest BCUT2D eigenvalue weighted by atomic mass is 10.1. The van der Waals surface area contributed by atoms with Crippen LogP contribution in [0.5, 0.6) is 0 Å². The fourth-order valence-electron chi connectivity index (χ4n) is 2.75. The summed E-state index contributed by atoms with van der Waals surface area (Å²) in [5.74, 6) is -0.814. The first-order valence-electron chi connectivity index (χ1n) is 10.0. The molecule has 2 atom stereocenters. The second-order valence-electron chi connectivity index (χ2n) is 7.69. The van der Waals surface area contributed by atoms with Crippen LogP contribution in [0.3, 0.4) is 0 Å². The molecular formula is C20H36O7. The fourth-order valence-corrected chi connectivity index (χ4v) is 2.75. The molecule has 1 aliphatic rings. The zero-order valence-electron chi connectivity index (χ0n) is 16.9. The van der Waals surface area contributed by atoms with E-state index >= 15 is 0 Å². The molecule has 0 fully saturated rings. The molecule has 0 unspecified atom stereocenters. The number of hydrogen-bond acceptors (Lipinski definition) is 7. The van der Waals surface area contributed by atoms with Crippen molar-refractivity contribution in [2.75, 3.05) is 19.8 Å². The summed E-state index contributed by atoms with van der Waals surface area (Å²) in [5, 5.41) is 28.9. The highest BCUT2D eigenvalue weighted by Gasteiger charge is 2.42. The maximum Gasteiger partial charge on any atom is 0.378 e. The summed E-state index contributed by atoms with van der Waals surface area (Å²) >= 11 is 0. The number of carbonyl (C=O) groups is 1. The van der Waals surface area contributed by atoms with Crippen LogP contribution in [-0.2, 0) is 19.0 Å². The third kappa shape index (κ3) is 8.95. The Labute approximate surface area is 162 Å². The first-order valence-corrected chi connectivity index (χ1v) is 10.0. The van der Waals surface area contributed by atoms with Crippen LogP contribution < -0.4 is 0 Å². The number of aliphatic hydroxyl groups is 3. The van der Waals surface area contributed by atoms with Gasteiger partial charge in [0.05, 0.1) is 18.8 Å². The van der Waals surface area contributed by atoms with E-state index in [1.54, 1.807) is 13.8 Å². The van der Waals surface area contributed by atoms with Gasteiger partial charge >= 0.3 is 5.97 Å². The number of cyclic esters (lactones) is 1. The van der Waals surface area contributed by atoms with E-state index < -0.39 is 30.4 Å². The van der Waals surface area contributed by atoms with E-state index in [-0.39, 0.29) is 18.1 Å². The van der Waals surface area contributed by atoms with Crippen molar-refractivity contribution in [3.63, 3.8) is 0 Å². The molecule has 158 valence electrons. The fraction of sp³-hybridized carbons (Fsp3) is 0.850. The Morgan fingerprint density at radius 2 is 1.67 bits per heavy atom. The molecule has 0 bridgehead atoms. The number of hydrogen-bond donors (Lipinski definition) is 3. The lowest BCUT2D eigenvalue weighted by molar-refractivity contribution is -0.149. The molecule has 0 saturated heterocycles. The summed E-state index contributed by atoms with van der Waals surface area (Å²) in [6.07, 6.45) is 6.84. The van der Waals surface area contributed by atoms with E-state index in [1.165, 1.54) is 32.1 Å². The second-order valence-corrected chi connectivity index (χ2v) is 7.69. The normalized spacial score (nSPS) is 18.6. The van der Waals surface area contributed by atoms with Gasteiger partial charge in [0.2, 0.25) is 5.76 Å². The maximum absolute atomic E-state index is 12.0. The van der Waals surface area contributed by atoms with Gasteiger partial charge < -0.3 is 29.5 Å². The van der Waals surface area contributed by atoms with Gasteiger partial charge in [0.1, 0.15) is 12.7 Å². The molecule has 0 aromatic rings. The van der Waals surface area contributed by atoms with E-state index in [1.807, 2.05) is 0 Å². The van der Waals surface area contributed by atoms with E-state index in [4.69, 9.17) is 14.2 Å². The predicted octanol–water partition coefficient (Wildman–Crippen LogP) is 2.42. The summed E-state index contributed by atoms with van der Waals surface area (Å²) in [6, 6.07) is 0. The molecule has 1 rings (SSSR count). The van der Waals surface area contributed by atoms with Crippen molar-refractivity contribution in [1.82, 2.24) is 0 Å². The highest BCUT2D eigenvalue weighted by Crippen LogP contribution is 2.28. The Kier molecular flexibility index (Phi) is 10.7. The van der Waals surface area contributed by atoms with Crippen molar-refractivity contribution in [1.29, 1.82) is 0 Å². The molecule has 0 saturated carbocycles. The van der Waals surface area contributed by atoms with Crippen LogP contribution in [0.2, 0.25) is 0 Å². The molecule has 7 heteroatoms. The van der Waals surface area contributed by atoms with Gasteiger partial charge in [-0.2, -0.15) is 0 Å². The van der Waals surface area contributed by atoms with Crippen LogP contribution in [0, 0.1) is 0 Å². The van der Waals surface area contributed by atoms with Gasteiger partial charge in [0.25, 0.3) is 0 Å². The van der Waals surface area contributed by atoms with Crippen molar-refractivity contribution >= 4 is 5.97 Å². The van der Waals surface area contributed by atoms with Crippen molar-refractivity contribution in [2.45, 2.75) is 89.9 Å². The van der Waals surface area contributed by atoms with Gasteiger partial charge in [-0.05, 0) is 20.3 Å². The number of rotatable bonds is 15. The Morgan fingerprint density at radius 3 is 2.22 bits per heavy atom. The molecule has 0 aromatic heterocycles. The minimum atomic E-state index is -1.29. The van der Waals surface area contributed by atoms with Crippen LogP contribution in [0.4, 0.5) is 0 Å². The number of esters is 1. The van der Waals surface area contributed by atoms with Gasteiger partial charge in [0.15, 0.2) is 11.9 Å². The Balaban J connectivity index is 2.52. The zero-order valence-corrected chi connectivity index (χ0v) is 16.9. The van der Waals surface area contributed by atoms with Crippen molar-refractivity contribution in [3.8, 4) is 0 Å². The second kappa shape index (κ2) is 12.2. The average Bonchev–Trinajstić information content (AvgIpc) is 2.93. The standard InChI is InChI=1S/C20H36O7/c1-4-5-6-7-8-9-10-11-12-25-17-16(15(22)13-21)27-19(23)18(17)26-14-20(2,3)24/h15-16,21-22,24H,4-14H2,1-3H3/t15-,16+/m0/s1. The summed E-state index contributed by atoms with van der Waals surface area (Å²) in [7, 11) is 0. The van der Waals surface area contributed by atoms with E-state index in [0.717, 1.165) is 19.3 Å². The first-order chi connectivity index (χ1) is 12.8. The van der Waals surface area contributed by atoms with Crippen molar-refractivity contribution < 1.29 is 34.3 Å². The zero-order chi connectivity index (χ0) is 20.3. The monoisotopic (exact) mass is 388 g/mol. The molecule has 1 aliphatic heterocycles. The lowest BCUT2D eigenvalue weighted by Gasteiger charge is -2.19. The summed E-state index contributed by atoms with van der Waals surface area (Å²) in [5.41, 5.74) is -1.14. The van der Waals surface area contributed by atoms with E-state index in [0.29, 0.717) is 6.61 Å². The molecule has 0 amide bonds. The van der Waals surface area contributed by atoms with Gasteiger partial charge in [-0.15, -0.1) is 0 Å². The van der Waals surface area contributed by atoms with Gasteiger partial charge in [-0.3, -0.25) is 0 Å². The SMILES string of the molecule is CCCCCCCCCCOC1=C(OCC(C)(C)O)C(=O)O[C@@H]1[C@@H](O)CO. The molecule has 0 aliphatic carbocycles. The van der Waals surface area contributed by atoms with Gasteiger partial charge in [-0.1, -0.05) is 51.9 Å². The van der Waals surface area contributed by atoms with Crippen LogP contribution in [0.1, 0.15) is 72.1 Å². The minimum Gasteiger partial charge on any atom is -0.490 e. The maximum atomic E-state index is 12.0. The number of carbonyl (C=O) groups excluding carboxylic acids is 1. The van der Waals surface area contributed by atoms with Gasteiger partial charge in [-0.25, -0.2) is 4.79 Å². The quantitative estimate of drug-likeness (QED) is 0.292.